The van der Waals surface area contributed by atoms with Crippen LogP contribution in [0, 0.1) is 5.82 Å². The van der Waals surface area contributed by atoms with Gasteiger partial charge in [0.25, 0.3) is 11.8 Å². The first-order valence-corrected chi connectivity index (χ1v) is 7.10. The van der Waals surface area contributed by atoms with Crippen molar-refractivity contribution in [1.29, 1.82) is 0 Å². The molecule has 0 fully saturated rings. The molecule has 0 aliphatic heterocycles. The van der Waals surface area contributed by atoms with Crippen LogP contribution in [-0.4, -0.2) is 23.9 Å². The molecule has 0 saturated heterocycles. The van der Waals surface area contributed by atoms with Gasteiger partial charge in [0.2, 0.25) is 0 Å². The minimum Gasteiger partial charge on any atom is -0.449 e. The molecule has 0 aromatic heterocycles. The summed E-state index contributed by atoms with van der Waals surface area (Å²) in [6.07, 6.45) is -1.21. The molecule has 0 saturated carbocycles. The van der Waals surface area contributed by atoms with Crippen molar-refractivity contribution in [1.82, 2.24) is 10.9 Å². The van der Waals surface area contributed by atoms with Gasteiger partial charge in [-0.2, -0.15) is 0 Å². The Labute approximate surface area is 137 Å². The summed E-state index contributed by atoms with van der Waals surface area (Å²) >= 11 is 0. The smallest absolute Gasteiger partial charge is 0.341 e. The summed E-state index contributed by atoms with van der Waals surface area (Å²) in [5.41, 5.74) is 4.43. The number of carbonyl (C=O) groups is 3. The zero-order valence-corrected chi connectivity index (χ0v) is 12.8. The van der Waals surface area contributed by atoms with E-state index in [-0.39, 0.29) is 5.56 Å². The lowest BCUT2D eigenvalue weighted by Crippen LogP contribution is -2.46. The number of hydrazine groups is 1. The molecule has 0 heterocycles. The van der Waals surface area contributed by atoms with E-state index >= 15 is 0 Å². The van der Waals surface area contributed by atoms with E-state index in [1.54, 1.807) is 30.3 Å². The Morgan fingerprint density at radius 3 is 2.25 bits per heavy atom. The molecule has 0 spiro atoms. The molecular weight excluding hydrogens is 315 g/mol. The third-order valence-electron chi connectivity index (χ3n) is 3.08. The Kier molecular flexibility index (Phi) is 5.62. The molecule has 0 aliphatic carbocycles. The van der Waals surface area contributed by atoms with Gasteiger partial charge >= 0.3 is 5.97 Å². The van der Waals surface area contributed by atoms with Crippen molar-refractivity contribution in [3.63, 3.8) is 0 Å². The van der Waals surface area contributed by atoms with Gasteiger partial charge in [0.15, 0.2) is 6.10 Å². The van der Waals surface area contributed by atoms with Gasteiger partial charge in [-0.15, -0.1) is 0 Å². The summed E-state index contributed by atoms with van der Waals surface area (Å²) in [5.74, 6) is -2.97. The monoisotopic (exact) mass is 330 g/mol. The summed E-state index contributed by atoms with van der Waals surface area (Å²) in [5, 5.41) is 0. The fraction of sp³-hybridized carbons (Fsp3) is 0.118. The number of nitrogens with one attached hydrogen (secondary N) is 2. The van der Waals surface area contributed by atoms with E-state index in [1.165, 1.54) is 25.1 Å². The Morgan fingerprint density at radius 2 is 1.58 bits per heavy atom. The molecule has 0 bridgehead atoms. The molecule has 0 radical (unpaired) electrons. The van der Waals surface area contributed by atoms with Gasteiger partial charge in [-0.05, 0) is 31.2 Å². The summed E-state index contributed by atoms with van der Waals surface area (Å²) in [6.45, 7) is 1.31. The van der Waals surface area contributed by atoms with Gasteiger partial charge in [-0.3, -0.25) is 20.4 Å². The highest BCUT2D eigenvalue weighted by Crippen LogP contribution is 2.09. The Morgan fingerprint density at radius 1 is 0.958 bits per heavy atom. The SMILES string of the molecule is C[C@H](OC(=O)c1ccccc1F)C(=O)NNC(=O)c1ccccc1. The molecule has 2 rings (SSSR count). The highest BCUT2D eigenvalue weighted by molar-refractivity contribution is 5.96. The fourth-order valence-corrected chi connectivity index (χ4v) is 1.79. The topological polar surface area (TPSA) is 84.5 Å². The first kappa shape index (κ1) is 17.1. The highest BCUT2D eigenvalue weighted by Gasteiger charge is 2.21. The van der Waals surface area contributed by atoms with Crippen LogP contribution in [-0.2, 0) is 9.53 Å². The lowest BCUT2D eigenvalue weighted by atomic mass is 10.2. The van der Waals surface area contributed by atoms with Crippen LogP contribution in [0.25, 0.3) is 0 Å². The van der Waals surface area contributed by atoms with Gasteiger partial charge in [-0.1, -0.05) is 30.3 Å². The molecule has 6 nitrogen and oxygen atoms in total. The van der Waals surface area contributed by atoms with E-state index in [2.05, 4.69) is 10.9 Å². The summed E-state index contributed by atoms with van der Waals surface area (Å²) in [4.78, 5) is 35.4. The molecule has 7 heteroatoms. The van der Waals surface area contributed by atoms with Crippen molar-refractivity contribution in [2.24, 2.45) is 0 Å². The average molecular weight is 330 g/mol. The zero-order chi connectivity index (χ0) is 17.5. The second-order valence-electron chi connectivity index (χ2n) is 4.84. The minimum atomic E-state index is -1.21. The third kappa shape index (κ3) is 4.39. The Bertz CT molecular complexity index is 749. The predicted molar refractivity (Wildman–Crippen MR) is 83.3 cm³/mol. The second-order valence-corrected chi connectivity index (χ2v) is 4.84. The van der Waals surface area contributed by atoms with E-state index in [9.17, 15) is 18.8 Å². The summed E-state index contributed by atoms with van der Waals surface area (Å²) < 4.78 is 18.3. The van der Waals surface area contributed by atoms with Crippen molar-refractivity contribution in [3.05, 3.63) is 71.5 Å². The maximum Gasteiger partial charge on any atom is 0.341 e. The summed E-state index contributed by atoms with van der Waals surface area (Å²) in [7, 11) is 0. The maximum atomic E-state index is 13.5. The molecule has 2 N–H and O–H groups in total. The minimum absolute atomic E-state index is 0.273. The fourth-order valence-electron chi connectivity index (χ4n) is 1.79. The van der Waals surface area contributed by atoms with Gasteiger partial charge in [0.05, 0.1) is 5.56 Å². The van der Waals surface area contributed by atoms with Crippen molar-refractivity contribution >= 4 is 17.8 Å². The molecule has 24 heavy (non-hydrogen) atoms. The number of rotatable bonds is 4. The highest BCUT2D eigenvalue weighted by atomic mass is 19.1. The van der Waals surface area contributed by atoms with Crippen LogP contribution in [0.1, 0.15) is 27.6 Å². The molecule has 2 aromatic rings. The number of benzene rings is 2. The lowest BCUT2D eigenvalue weighted by molar-refractivity contribution is -0.129. The van der Waals surface area contributed by atoms with Crippen LogP contribution in [0.4, 0.5) is 4.39 Å². The van der Waals surface area contributed by atoms with Crippen LogP contribution < -0.4 is 10.9 Å². The molecular formula is C17H15FN2O4. The summed E-state index contributed by atoms with van der Waals surface area (Å²) in [6, 6.07) is 13.5. The number of ether oxygens (including phenoxy) is 1. The van der Waals surface area contributed by atoms with Crippen molar-refractivity contribution in [2.45, 2.75) is 13.0 Å². The van der Waals surface area contributed by atoms with E-state index in [1.807, 2.05) is 0 Å². The molecule has 2 aromatic carbocycles. The Hall–Kier alpha value is -3.22. The van der Waals surface area contributed by atoms with Crippen LogP contribution >= 0.6 is 0 Å². The molecule has 2 amide bonds. The molecule has 124 valence electrons. The van der Waals surface area contributed by atoms with Crippen molar-refractivity contribution < 1.29 is 23.5 Å². The first-order chi connectivity index (χ1) is 11.5. The van der Waals surface area contributed by atoms with Crippen LogP contribution in [0.15, 0.2) is 54.6 Å². The standard InChI is InChI=1S/C17H15FN2O4/c1-11(24-17(23)13-9-5-6-10-14(13)18)15(21)19-20-16(22)12-7-3-2-4-8-12/h2-11H,1H3,(H,19,21)(H,20,22)/t11-/m0/s1. The predicted octanol–water partition coefficient (Wildman–Crippen LogP) is 1.83. The van der Waals surface area contributed by atoms with Crippen LogP contribution in [0.2, 0.25) is 0 Å². The van der Waals surface area contributed by atoms with Gasteiger partial charge in [-0.25, -0.2) is 9.18 Å². The van der Waals surface area contributed by atoms with Gasteiger partial charge in [0, 0.05) is 5.56 Å². The van der Waals surface area contributed by atoms with Gasteiger partial charge < -0.3 is 4.74 Å². The number of carbonyl (C=O) groups excluding carboxylic acids is 3. The lowest BCUT2D eigenvalue weighted by Gasteiger charge is -2.14. The normalized spacial score (nSPS) is 11.2. The van der Waals surface area contributed by atoms with Crippen LogP contribution in [0.3, 0.4) is 0 Å². The van der Waals surface area contributed by atoms with Crippen molar-refractivity contribution in [2.75, 3.05) is 0 Å². The Balaban J connectivity index is 1.87. The zero-order valence-electron chi connectivity index (χ0n) is 12.8. The number of hydrogen-bond donors (Lipinski definition) is 2. The largest absolute Gasteiger partial charge is 0.449 e. The number of amides is 2. The van der Waals surface area contributed by atoms with Crippen molar-refractivity contribution in [3.8, 4) is 0 Å². The molecule has 0 unspecified atom stereocenters. The molecule has 1 atom stereocenters. The average Bonchev–Trinajstić information content (AvgIpc) is 2.60. The van der Waals surface area contributed by atoms with E-state index in [0.717, 1.165) is 6.07 Å². The van der Waals surface area contributed by atoms with Gasteiger partial charge in [0.1, 0.15) is 5.82 Å². The van der Waals surface area contributed by atoms with Crippen LogP contribution in [0.5, 0.6) is 0 Å². The van der Waals surface area contributed by atoms with E-state index in [0.29, 0.717) is 5.56 Å². The molecule has 0 aliphatic rings. The maximum absolute atomic E-state index is 13.5. The number of hydrogen-bond acceptors (Lipinski definition) is 4. The van der Waals surface area contributed by atoms with E-state index in [4.69, 9.17) is 4.74 Å². The third-order valence-corrected chi connectivity index (χ3v) is 3.08. The second kappa shape index (κ2) is 7.87. The quantitative estimate of drug-likeness (QED) is 0.662. The number of esters is 1. The van der Waals surface area contributed by atoms with E-state index < -0.39 is 29.7 Å². The first-order valence-electron chi connectivity index (χ1n) is 7.10. The number of halogens is 1.